The SMILES string of the molecule is CC(C)S(=O)(=O)[C@H](C)C(=O)N[C@H]1C[C@@H]1c1cccc(F)c1. The van der Waals surface area contributed by atoms with E-state index in [-0.39, 0.29) is 17.8 Å². The first kappa shape index (κ1) is 15.9. The summed E-state index contributed by atoms with van der Waals surface area (Å²) in [6.45, 7) is 4.53. The quantitative estimate of drug-likeness (QED) is 0.904. The van der Waals surface area contributed by atoms with E-state index in [0.717, 1.165) is 5.56 Å². The number of hydrogen-bond acceptors (Lipinski definition) is 3. The molecule has 0 bridgehead atoms. The van der Waals surface area contributed by atoms with Gasteiger partial charge in [0, 0.05) is 12.0 Å². The van der Waals surface area contributed by atoms with E-state index in [1.165, 1.54) is 19.1 Å². The van der Waals surface area contributed by atoms with Gasteiger partial charge in [-0.15, -0.1) is 0 Å². The van der Waals surface area contributed by atoms with Crippen LogP contribution in [-0.2, 0) is 14.6 Å². The Bertz CT molecular complexity index is 642. The van der Waals surface area contributed by atoms with Gasteiger partial charge in [0.2, 0.25) is 5.91 Å². The third-order valence-electron chi connectivity index (χ3n) is 3.91. The minimum absolute atomic E-state index is 0.0682. The number of carbonyl (C=O) groups is 1. The highest BCUT2D eigenvalue weighted by Crippen LogP contribution is 2.41. The number of nitrogens with one attached hydrogen (secondary N) is 1. The lowest BCUT2D eigenvalue weighted by molar-refractivity contribution is -0.120. The summed E-state index contributed by atoms with van der Waals surface area (Å²) >= 11 is 0. The second-order valence-corrected chi connectivity index (χ2v) is 8.62. The molecule has 6 heteroatoms. The second-order valence-electron chi connectivity index (χ2n) is 5.79. The number of halogens is 1. The molecule has 1 aromatic carbocycles. The van der Waals surface area contributed by atoms with E-state index in [1.54, 1.807) is 19.9 Å². The molecule has 1 fully saturated rings. The van der Waals surface area contributed by atoms with Gasteiger partial charge in [-0.3, -0.25) is 4.79 Å². The maximum atomic E-state index is 13.2. The van der Waals surface area contributed by atoms with Crippen LogP contribution in [0.25, 0.3) is 0 Å². The van der Waals surface area contributed by atoms with Crippen LogP contribution < -0.4 is 5.32 Å². The minimum atomic E-state index is -3.45. The molecule has 1 aliphatic rings. The molecule has 0 saturated heterocycles. The van der Waals surface area contributed by atoms with Crippen LogP contribution >= 0.6 is 0 Å². The number of benzene rings is 1. The zero-order valence-corrected chi connectivity index (χ0v) is 13.2. The summed E-state index contributed by atoms with van der Waals surface area (Å²) < 4.78 is 37.1. The smallest absolute Gasteiger partial charge is 0.238 e. The van der Waals surface area contributed by atoms with Gasteiger partial charge in [0.25, 0.3) is 0 Å². The zero-order chi connectivity index (χ0) is 15.8. The molecular weight excluding hydrogens is 293 g/mol. The third-order valence-corrected chi connectivity index (χ3v) is 6.43. The lowest BCUT2D eigenvalue weighted by atomic mass is 10.1. The van der Waals surface area contributed by atoms with Crippen molar-refractivity contribution in [1.29, 1.82) is 0 Å². The van der Waals surface area contributed by atoms with Crippen molar-refractivity contribution in [3.8, 4) is 0 Å². The molecule has 1 amide bonds. The van der Waals surface area contributed by atoms with Crippen molar-refractivity contribution in [2.45, 2.75) is 49.7 Å². The Morgan fingerprint density at radius 1 is 1.33 bits per heavy atom. The van der Waals surface area contributed by atoms with Gasteiger partial charge in [-0.05, 0) is 44.9 Å². The van der Waals surface area contributed by atoms with Gasteiger partial charge in [-0.1, -0.05) is 12.1 Å². The van der Waals surface area contributed by atoms with E-state index >= 15 is 0 Å². The van der Waals surface area contributed by atoms with Crippen LogP contribution in [0.4, 0.5) is 4.39 Å². The van der Waals surface area contributed by atoms with Crippen LogP contribution in [0.15, 0.2) is 24.3 Å². The largest absolute Gasteiger partial charge is 0.352 e. The van der Waals surface area contributed by atoms with Crippen molar-refractivity contribution < 1.29 is 17.6 Å². The Balaban J connectivity index is 1.97. The number of rotatable bonds is 5. The molecule has 0 spiro atoms. The lowest BCUT2D eigenvalue weighted by Crippen LogP contribution is -2.41. The minimum Gasteiger partial charge on any atom is -0.352 e. The Kier molecular flexibility index (Phi) is 4.37. The Hall–Kier alpha value is -1.43. The zero-order valence-electron chi connectivity index (χ0n) is 12.3. The average molecular weight is 313 g/mol. The first-order chi connectivity index (χ1) is 9.73. The Morgan fingerprint density at radius 3 is 2.57 bits per heavy atom. The van der Waals surface area contributed by atoms with Gasteiger partial charge in [0.15, 0.2) is 9.84 Å². The molecule has 1 aromatic rings. The van der Waals surface area contributed by atoms with Crippen molar-refractivity contribution in [2.75, 3.05) is 0 Å². The van der Waals surface area contributed by atoms with E-state index in [0.29, 0.717) is 6.42 Å². The molecule has 0 heterocycles. The van der Waals surface area contributed by atoms with Gasteiger partial charge < -0.3 is 5.32 Å². The van der Waals surface area contributed by atoms with Crippen LogP contribution in [0.5, 0.6) is 0 Å². The molecule has 0 unspecified atom stereocenters. The number of sulfone groups is 1. The molecule has 0 radical (unpaired) electrons. The summed E-state index contributed by atoms with van der Waals surface area (Å²) in [5.74, 6) is -0.716. The highest BCUT2D eigenvalue weighted by Gasteiger charge is 2.42. The maximum Gasteiger partial charge on any atom is 0.238 e. The molecular formula is C15H20FNO3S. The molecule has 0 aromatic heterocycles. The first-order valence-corrected chi connectivity index (χ1v) is 8.63. The molecule has 4 nitrogen and oxygen atoms in total. The predicted octanol–water partition coefficient (Wildman–Crippen LogP) is 2.01. The molecule has 2 rings (SSSR count). The van der Waals surface area contributed by atoms with Crippen LogP contribution in [0.3, 0.4) is 0 Å². The lowest BCUT2D eigenvalue weighted by Gasteiger charge is -2.15. The molecule has 0 aliphatic heterocycles. The van der Waals surface area contributed by atoms with E-state index in [1.807, 2.05) is 6.07 Å². The van der Waals surface area contributed by atoms with E-state index in [2.05, 4.69) is 5.32 Å². The molecule has 1 saturated carbocycles. The normalized spacial score (nSPS) is 22.9. The van der Waals surface area contributed by atoms with Gasteiger partial charge in [0.1, 0.15) is 11.1 Å². The van der Waals surface area contributed by atoms with Crippen LogP contribution in [0, 0.1) is 5.82 Å². The van der Waals surface area contributed by atoms with Crippen molar-refractivity contribution in [3.63, 3.8) is 0 Å². The fourth-order valence-electron chi connectivity index (χ4n) is 2.32. The van der Waals surface area contributed by atoms with E-state index in [9.17, 15) is 17.6 Å². The van der Waals surface area contributed by atoms with Gasteiger partial charge in [0.05, 0.1) is 5.25 Å². The van der Waals surface area contributed by atoms with Crippen molar-refractivity contribution in [3.05, 3.63) is 35.6 Å². The Labute approximate surface area is 124 Å². The van der Waals surface area contributed by atoms with Gasteiger partial charge >= 0.3 is 0 Å². The Morgan fingerprint density at radius 2 is 2.00 bits per heavy atom. The summed E-state index contributed by atoms with van der Waals surface area (Å²) in [5.41, 5.74) is 0.833. The summed E-state index contributed by atoms with van der Waals surface area (Å²) in [6, 6.07) is 6.16. The van der Waals surface area contributed by atoms with Crippen LogP contribution in [0.2, 0.25) is 0 Å². The molecule has 1 N–H and O–H groups in total. The number of hydrogen-bond donors (Lipinski definition) is 1. The predicted molar refractivity (Wildman–Crippen MR) is 79.2 cm³/mol. The third kappa shape index (κ3) is 3.43. The summed E-state index contributed by atoms with van der Waals surface area (Å²) in [7, 11) is -3.45. The summed E-state index contributed by atoms with van der Waals surface area (Å²) in [5, 5.41) is 1.09. The van der Waals surface area contributed by atoms with Crippen LogP contribution in [0.1, 0.15) is 38.7 Å². The van der Waals surface area contributed by atoms with Crippen molar-refractivity contribution in [1.82, 2.24) is 5.32 Å². The topological polar surface area (TPSA) is 63.2 Å². The van der Waals surface area contributed by atoms with Crippen molar-refractivity contribution >= 4 is 15.7 Å². The fourth-order valence-corrected chi connectivity index (χ4v) is 3.50. The number of amides is 1. The molecule has 116 valence electrons. The first-order valence-electron chi connectivity index (χ1n) is 7.02. The number of carbonyl (C=O) groups excluding carboxylic acids is 1. The average Bonchev–Trinajstić information content (AvgIpc) is 3.16. The van der Waals surface area contributed by atoms with Crippen LogP contribution in [-0.4, -0.2) is 30.9 Å². The van der Waals surface area contributed by atoms with E-state index < -0.39 is 26.2 Å². The van der Waals surface area contributed by atoms with E-state index in [4.69, 9.17) is 0 Å². The molecule has 21 heavy (non-hydrogen) atoms. The van der Waals surface area contributed by atoms with Gasteiger partial charge in [-0.25, -0.2) is 12.8 Å². The maximum absolute atomic E-state index is 13.2. The summed E-state index contributed by atoms with van der Waals surface area (Å²) in [6.07, 6.45) is 0.712. The molecule has 3 atom stereocenters. The highest BCUT2D eigenvalue weighted by atomic mass is 32.2. The highest BCUT2D eigenvalue weighted by molar-refractivity contribution is 7.93. The molecule has 1 aliphatic carbocycles. The summed E-state index contributed by atoms with van der Waals surface area (Å²) in [4.78, 5) is 12.0. The standard InChI is InChI=1S/C15H20FNO3S/c1-9(2)21(19,20)10(3)15(18)17-14-8-13(14)11-5-4-6-12(16)7-11/h4-7,9-10,13-14H,8H2,1-3H3,(H,17,18)/t10-,13-,14+/m1/s1. The monoisotopic (exact) mass is 313 g/mol. The van der Waals surface area contributed by atoms with Gasteiger partial charge in [-0.2, -0.15) is 0 Å². The fraction of sp³-hybridized carbons (Fsp3) is 0.533. The second kappa shape index (κ2) is 5.75. The van der Waals surface area contributed by atoms with Crippen molar-refractivity contribution in [2.24, 2.45) is 0 Å².